The molecule has 0 radical (unpaired) electrons. The van der Waals surface area contributed by atoms with Crippen LogP contribution in [-0.4, -0.2) is 24.4 Å². The van der Waals surface area contributed by atoms with Crippen LogP contribution in [0, 0.1) is 28.6 Å². The van der Waals surface area contributed by atoms with Crippen LogP contribution in [0.1, 0.15) is 32.1 Å². The average Bonchev–Trinajstić information content (AvgIpc) is 3.31. The largest absolute Gasteiger partial charge is 0.265 e. The van der Waals surface area contributed by atoms with Gasteiger partial charge in [-0.15, -0.1) is 0 Å². The van der Waals surface area contributed by atoms with Crippen LogP contribution in [0.3, 0.4) is 0 Å². The lowest BCUT2D eigenvalue weighted by Crippen LogP contribution is -2.37. The number of fused-ring (bicyclic) bond motifs is 1. The predicted octanol–water partition coefficient (Wildman–Crippen LogP) is 3.57. The molecule has 3 aromatic heterocycles. The van der Waals surface area contributed by atoms with E-state index in [1.54, 1.807) is 23.1 Å². The van der Waals surface area contributed by atoms with Crippen molar-refractivity contribution in [3.8, 4) is 23.4 Å². The van der Waals surface area contributed by atoms with Crippen LogP contribution in [0.25, 0.3) is 16.8 Å². The van der Waals surface area contributed by atoms with Gasteiger partial charge in [0.1, 0.15) is 10.8 Å². The fraction of sp³-hybridized carbons (Fsp3) is 0.389. The van der Waals surface area contributed by atoms with E-state index in [4.69, 9.17) is 16.9 Å². The Kier molecular flexibility index (Phi) is 4.10. The second-order valence-corrected chi connectivity index (χ2v) is 7.10. The summed E-state index contributed by atoms with van der Waals surface area (Å²) in [4.78, 5) is 4.44. The summed E-state index contributed by atoms with van der Waals surface area (Å²) < 4.78 is 3.57. The maximum Gasteiger partial charge on any atom is 0.148 e. The van der Waals surface area contributed by atoms with Crippen molar-refractivity contribution in [3.05, 3.63) is 36.0 Å². The molecule has 0 N–H and O–H groups in total. The zero-order valence-electron chi connectivity index (χ0n) is 14.0. The summed E-state index contributed by atoms with van der Waals surface area (Å²) >= 11 is 6.12. The SMILES string of the molecule is N#CCC1(n2cc(-c3nc(Cl)cn4nccc34)cn2)CCC(C#N)CC1. The van der Waals surface area contributed by atoms with Gasteiger partial charge in [0.05, 0.1) is 48.2 Å². The van der Waals surface area contributed by atoms with Crippen LogP contribution < -0.4 is 0 Å². The lowest BCUT2D eigenvalue weighted by Gasteiger charge is -2.37. The molecule has 0 unspecified atom stereocenters. The molecule has 1 aliphatic rings. The summed E-state index contributed by atoms with van der Waals surface area (Å²) in [5.74, 6) is 0.0675. The second kappa shape index (κ2) is 6.44. The molecular weight excluding hydrogens is 350 g/mol. The zero-order chi connectivity index (χ0) is 18.1. The van der Waals surface area contributed by atoms with Crippen molar-refractivity contribution in [2.75, 3.05) is 0 Å². The first kappa shape index (κ1) is 16.6. The van der Waals surface area contributed by atoms with Crippen LogP contribution in [0.5, 0.6) is 0 Å². The van der Waals surface area contributed by atoms with Crippen molar-refractivity contribution in [2.45, 2.75) is 37.6 Å². The molecule has 1 aliphatic carbocycles. The number of hydrogen-bond donors (Lipinski definition) is 0. The monoisotopic (exact) mass is 365 g/mol. The summed E-state index contributed by atoms with van der Waals surface area (Å²) in [6, 6.07) is 6.52. The smallest absolute Gasteiger partial charge is 0.148 e. The molecule has 1 saturated carbocycles. The first-order valence-electron chi connectivity index (χ1n) is 8.47. The molecule has 0 spiro atoms. The van der Waals surface area contributed by atoms with Crippen LogP contribution in [-0.2, 0) is 5.54 Å². The topological polar surface area (TPSA) is 95.6 Å². The van der Waals surface area contributed by atoms with E-state index in [1.807, 2.05) is 16.9 Å². The first-order valence-corrected chi connectivity index (χ1v) is 8.85. The maximum atomic E-state index is 9.34. The van der Waals surface area contributed by atoms with E-state index in [9.17, 15) is 5.26 Å². The third kappa shape index (κ3) is 2.71. The van der Waals surface area contributed by atoms with Crippen molar-refractivity contribution in [1.29, 1.82) is 10.5 Å². The van der Waals surface area contributed by atoms with Crippen LogP contribution in [0.15, 0.2) is 30.9 Å². The van der Waals surface area contributed by atoms with Crippen molar-refractivity contribution >= 4 is 17.1 Å². The van der Waals surface area contributed by atoms with Gasteiger partial charge >= 0.3 is 0 Å². The molecule has 3 heterocycles. The number of hydrogen-bond acceptors (Lipinski definition) is 5. The van der Waals surface area contributed by atoms with Gasteiger partial charge in [-0.2, -0.15) is 20.7 Å². The number of nitrogens with zero attached hydrogens (tertiary/aromatic N) is 7. The molecule has 0 aromatic carbocycles. The predicted molar refractivity (Wildman–Crippen MR) is 95.0 cm³/mol. The minimum atomic E-state index is -0.366. The van der Waals surface area contributed by atoms with Crippen LogP contribution in [0.2, 0.25) is 5.15 Å². The Hall–Kier alpha value is -2.90. The molecule has 0 atom stereocenters. The quantitative estimate of drug-likeness (QED) is 0.706. The van der Waals surface area contributed by atoms with Gasteiger partial charge < -0.3 is 0 Å². The highest BCUT2D eigenvalue weighted by Gasteiger charge is 2.38. The number of nitriles is 2. The third-order valence-corrected chi connectivity index (χ3v) is 5.39. The number of rotatable bonds is 3. The molecule has 4 rings (SSSR count). The van der Waals surface area contributed by atoms with Gasteiger partial charge in [0.2, 0.25) is 0 Å². The molecule has 1 fully saturated rings. The highest BCUT2D eigenvalue weighted by atomic mass is 35.5. The molecule has 7 nitrogen and oxygen atoms in total. The minimum Gasteiger partial charge on any atom is -0.265 e. The molecule has 0 aliphatic heterocycles. The molecule has 26 heavy (non-hydrogen) atoms. The summed E-state index contributed by atoms with van der Waals surface area (Å²) in [5.41, 5.74) is 2.02. The molecule has 0 amide bonds. The van der Waals surface area contributed by atoms with E-state index in [2.05, 4.69) is 27.3 Å². The zero-order valence-corrected chi connectivity index (χ0v) is 14.8. The second-order valence-electron chi connectivity index (χ2n) is 6.71. The normalized spacial score (nSPS) is 22.8. The summed E-state index contributed by atoms with van der Waals surface area (Å²) in [7, 11) is 0. The third-order valence-electron chi connectivity index (χ3n) is 5.21. The lowest BCUT2D eigenvalue weighted by atomic mass is 9.75. The highest BCUT2D eigenvalue weighted by Crippen LogP contribution is 2.40. The number of aromatic nitrogens is 5. The molecule has 0 saturated heterocycles. The average molecular weight is 366 g/mol. The molecule has 3 aromatic rings. The van der Waals surface area contributed by atoms with E-state index < -0.39 is 0 Å². The van der Waals surface area contributed by atoms with Crippen molar-refractivity contribution in [2.24, 2.45) is 5.92 Å². The van der Waals surface area contributed by atoms with Gasteiger partial charge in [-0.1, -0.05) is 11.6 Å². The molecular formula is C18H16ClN7. The first-order chi connectivity index (χ1) is 12.6. The Labute approximate surface area is 155 Å². The van der Waals surface area contributed by atoms with Crippen LogP contribution >= 0.6 is 11.6 Å². The van der Waals surface area contributed by atoms with E-state index in [0.29, 0.717) is 17.3 Å². The van der Waals surface area contributed by atoms with Crippen LogP contribution in [0.4, 0.5) is 0 Å². The molecule has 130 valence electrons. The van der Waals surface area contributed by atoms with Gasteiger partial charge in [0, 0.05) is 17.7 Å². The fourth-order valence-corrected chi connectivity index (χ4v) is 3.91. The Bertz CT molecular complexity index is 1030. The Morgan fingerprint density at radius 3 is 2.77 bits per heavy atom. The Balaban J connectivity index is 1.74. The summed E-state index contributed by atoms with van der Waals surface area (Å²) in [6.07, 6.45) is 10.5. The van der Waals surface area contributed by atoms with E-state index in [0.717, 1.165) is 36.8 Å². The van der Waals surface area contributed by atoms with Gasteiger partial charge in [0.25, 0.3) is 0 Å². The summed E-state index contributed by atoms with van der Waals surface area (Å²) in [5, 5.41) is 27.6. The number of halogens is 1. The van der Waals surface area contributed by atoms with E-state index >= 15 is 0 Å². The van der Waals surface area contributed by atoms with Gasteiger partial charge in [0.15, 0.2) is 0 Å². The van der Waals surface area contributed by atoms with Gasteiger partial charge in [-0.05, 0) is 31.7 Å². The van der Waals surface area contributed by atoms with Crippen molar-refractivity contribution in [1.82, 2.24) is 24.4 Å². The molecule has 8 heteroatoms. The lowest BCUT2D eigenvalue weighted by molar-refractivity contribution is 0.160. The van der Waals surface area contributed by atoms with Gasteiger partial charge in [-0.25, -0.2) is 9.50 Å². The van der Waals surface area contributed by atoms with Gasteiger partial charge in [-0.3, -0.25) is 4.68 Å². The van der Waals surface area contributed by atoms with Crippen molar-refractivity contribution < 1.29 is 0 Å². The summed E-state index contributed by atoms with van der Waals surface area (Å²) in [6.45, 7) is 0. The Morgan fingerprint density at radius 1 is 1.23 bits per heavy atom. The van der Waals surface area contributed by atoms with E-state index in [1.165, 1.54) is 0 Å². The van der Waals surface area contributed by atoms with Crippen molar-refractivity contribution in [3.63, 3.8) is 0 Å². The Morgan fingerprint density at radius 2 is 2.04 bits per heavy atom. The molecule has 0 bridgehead atoms. The van der Waals surface area contributed by atoms with E-state index in [-0.39, 0.29) is 11.5 Å². The maximum absolute atomic E-state index is 9.34. The fourth-order valence-electron chi connectivity index (χ4n) is 3.73. The minimum absolute atomic E-state index is 0.0675. The highest BCUT2D eigenvalue weighted by molar-refractivity contribution is 6.29. The standard InChI is InChI=1S/C18H16ClN7/c19-16-12-25-15(3-8-22-25)17(24-16)14-10-23-26(11-14)18(6-7-20)4-1-13(9-21)2-5-18/h3,8,10-13H,1-2,4-6H2.